The van der Waals surface area contributed by atoms with Crippen molar-refractivity contribution >= 4 is 11.6 Å². The van der Waals surface area contributed by atoms with Crippen LogP contribution in [-0.2, 0) is 11.2 Å². The fourth-order valence-electron chi connectivity index (χ4n) is 2.79. The van der Waals surface area contributed by atoms with Gasteiger partial charge in [-0.15, -0.1) is 0 Å². The second-order valence-corrected chi connectivity index (χ2v) is 5.77. The number of amides is 1. The predicted molar refractivity (Wildman–Crippen MR) is 92.5 cm³/mol. The number of nitrogens with zero attached hydrogens (tertiary/aromatic N) is 2. The molecule has 136 valence electrons. The van der Waals surface area contributed by atoms with Crippen LogP contribution in [0.25, 0.3) is 0 Å². The van der Waals surface area contributed by atoms with Crippen molar-refractivity contribution < 1.29 is 23.0 Å². The molecule has 0 spiro atoms. The first-order valence-corrected chi connectivity index (χ1v) is 8.06. The third kappa shape index (κ3) is 3.51. The van der Waals surface area contributed by atoms with E-state index in [1.807, 2.05) is 6.07 Å². The molecule has 0 bridgehead atoms. The molecule has 0 radical (unpaired) electrons. The Hall–Kier alpha value is -2.96. The number of rotatable bonds is 5. The third-order valence-corrected chi connectivity index (χ3v) is 4.18. The van der Waals surface area contributed by atoms with E-state index in [1.54, 1.807) is 26.4 Å². The second kappa shape index (κ2) is 7.51. The van der Waals surface area contributed by atoms with E-state index >= 15 is 0 Å². The normalized spacial score (nSPS) is 13.5. The van der Waals surface area contributed by atoms with Gasteiger partial charge in [-0.05, 0) is 24.3 Å². The summed E-state index contributed by atoms with van der Waals surface area (Å²) in [4.78, 5) is 12.4. The Kier molecular flexibility index (Phi) is 5.16. The molecule has 1 amide bonds. The van der Waals surface area contributed by atoms with Gasteiger partial charge in [-0.3, -0.25) is 4.79 Å². The van der Waals surface area contributed by atoms with Crippen molar-refractivity contribution in [2.75, 3.05) is 20.8 Å². The van der Waals surface area contributed by atoms with E-state index in [2.05, 4.69) is 5.10 Å². The summed E-state index contributed by atoms with van der Waals surface area (Å²) in [5.74, 6) is -1.18. The summed E-state index contributed by atoms with van der Waals surface area (Å²) in [6.07, 6.45) is 0.319. The van der Waals surface area contributed by atoms with Crippen LogP contribution in [0, 0.1) is 11.6 Å². The number of halogens is 2. The minimum absolute atomic E-state index is 0.0183. The maximum atomic E-state index is 13.7. The lowest BCUT2D eigenvalue weighted by atomic mass is 10.1. The first kappa shape index (κ1) is 17.8. The number of carbonyl (C=O) groups is 1. The van der Waals surface area contributed by atoms with Gasteiger partial charge in [0.05, 0.1) is 32.9 Å². The Balaban J connectivity index is 1.77. The molecule has 0 aromatic heterocycles. The zero-order valence-corrected chi connectivity index (χ0v) is 14.5. The van der Waals surface area contributed by atoms with E-state index in [9.17, 15) is 13.6 Å². The highest BCUT2D eigenvalue weighted by molar-refractivity contribution is 6.03. The van der Waals surface area contributed by atoms with Crippen molar-refractivity contribution in [1.29, 1.82) is 0 Å². The summed E-state index contributed by atoms with van der Waals surface area (Å²) in [7, 11) is 3.10. The van der Waals surface area contributed by atoms with Crippen LogP contribution < -0.4 is 9.47 Å². The van der Waals surface area contributed by atoms with Gasteiger partial charge < -0.3 is 9.47 Å². The number of carbonyl (C=O) groups excluding carboxylic acids is 1. The molecule has 0 saturated carbocycles. The molecule has 7 heteroatoms. The summed E-state index contributed by atoms with van der Waals surface area (Å²) in [5, 5.41) is 5.61. The molecule has 0 aliphatic carbocycles. The van der Waals surface area contributed by atoms with Crippen LogP contribution in [0.1, 0.15) is 17.5 Å². The van der Waals surface area contributed by atoms with Gasteiger partial charge in [0, 0.05) is 17.5 Å². The molecule has 2 aromatic rings. The molecule has 2 aromatic carbocycles. The Morgan fingerprint density at radius 3 is 2.65 bits per heavy atom. The molecule has 1 aliphatic heterocycles. The van der Waals surface area contributed by atoms with E-state index in [1.165, 1.54) is 17.1 Å². The van der Waals surface area contributed by atoms with Gasteiger partial charge in [-0.25, -0.2) is 13.8 Å². The molecule has 0 N–H and O–H groups in total. The lowest BCUT2D eigenvalue weighted by Gasteiger charge is -2.12. The largest absolute Gasteiger partial charge is 0.493 e. The average Bonchev–Trinajstić information content (AvgIpc) is 3.15. The number of benzene rings is 2. The summed E-state index contributed by atoms with van der Waals surface area (Å²) in [6.45, 7) is 0.388. The molecule has 0 atom stereocenters. The van der Waals surface area contributed by atoms with E-state index < -0.39 is 11.6 Å². The number of hydrazone groups is 1. The highest BCUT2D eigenvalue weighted by atomic mass is 19.2. The first-order valence-electron chi connectivity index (χ1n) is 8.06. The van der Waals surface area contributed by atoms with E-state index in [4.69, 9.17) is 9.47 Å². The molecule has 5 nitrogen and oxygen atoms in total. The van der Waals surface area contributed by atoms with Crippen molar-refractivity contribution in [3.8, 4) is 11.5 Å². The predicted octanol–water partition coefficient (Wildman–Crippen LogP) is 3.16. The van der Waals surface area contributed by atoms with Gasteiger partial charge in [0.2, 0.25) is 5.91 Å². The Morgan fingerprint density at radius 1 is 1.15 bits per heavy atom. The Morgan fingerprint density at radius 2 is 1.92 bits per heavy atom. The lowest BCUT2D eigenvalue weighted by molar-refractivity contribution is -0.130. The van der Waals surface area contributed by atoms with E-state index in [0.29, 0.717) is 24.5 Å². The SMILES string of the molecule is COc1ccc(C2=NN(C(=O)Cc3cccc(F)c3F)CC2)cc1OC. The van der Waals surface area contributed by atoms with Crippen LogP contribution in [0.4, 0.5) is 8.78 Å². The molecule has 26 heavy (non-hydrogen) atoms. The van der Waals surface area contributed by atoms with Crippen molar-refractivity contribution in [1.82, 2.24) is 5.01 Å². The van der Waals surface area contributed by atoms with Gasteiger partial charge in [-0.2, -0.15) is 5.10 Å². The van der Waals surface area contributed by atoms with Gasteiger partial charge in [0.15, 0.2) is 23.1 Å². The minimum Gasteiger partial charge on any atom is -0.493 e. The molecule has 1 aliphatic rings. The third-order valence-electron chi connectivity index (χ3n) is 4.18. The number of hydrogen-bond donors (Lipinski definition) is 0. The summed E-state index contributed by atoms with van der Waals surface area (Å²) >= 11 is 0. The molecule has 0 unspecified atom stereocenters. The van der Waals surface area contributed by atoms with Gasteiger partial charge in [-0.1, -0.05) is 12.1 Å². The van der Waals surface area contributed by atoms with Crippen LogP contribution in [-0.4, -0.2) is 37.4 Å². The van der Waals surface area contributed by atoms with Crippen molar-refractivity contribution in [2.45, 2.75) is 12.8 Å². The molecule has 0 saturated heterocycles. The zero-order valence-electron chi connectivity index (χ0n) is 14.5. The van der Waals surface area contributed by atoms with E-state index in [-0.39, 0.29) is 17.9 Å². The monoisotopic (exact) mass is 360 g/mol. The summed E-state index contributed by atoms with van der Waals surface area (Å²) in [6, 6.07) is 9.18. The quantitative estimate of drug-likeness (QED) is 0.823. The lowest BCUT2D eigenvalue weighted by Crippen LogP contribution is -2.25. The first-order chi connectivity index (χ1) is 12.5. The smallest absolute Gasteiger partial charge is 0.247 e. The minimum atomic E-state index is -0.996. The molecule has 0 fully saturated rings. The van der Waals surface area contributed by atoms with E-state index in [0.717, 1.165) is 17.3 Å². The van der Waals surface area contributed by atoms with Gasteiger partial charge in [0.1, 0.15) is 0 Å². The van der Waals surface area contributed by atoms with Crippen molar-refractivity contribution in [3.05, 3.63) is 59.2 Å². The molecular weight excluding hydrogens is 342 g/mol. The zero-order chi connectivity index (χ0) is 18.7. The van der Waals surface area contributed by atoms with Gasteiger partial charge >= 0.3 is 0 Å². The second-order valence-electron chi connectivity index (χ2n) is 5.77. The average molecular weight is 360 g/mol. The summed E-state index contributed by atoms with van der Waals surface area (Å²) in [5.41, 5.74) is 1.55. The topological polar surface area (TPSA) is 51.1 Å². The Labute approximate surface area is 149 Å². The Bertz CT molecular complexity index is 868. The molecular formula is C19H18F2N2O3. The fraction of sp³-hybridized carbons (Fsp3) is 0.263. The van der Waals surface area contributed by atoms with Crippen molar-refractivity contribution in [3.63, 3.8) is 0 Å². The maximum Gasteiger partial charge on any atom is 0.247 e. The standard InChI is InChI=1S/C19H18F2N2O3/c1-25-16-7-6-12(10-17(16)26-2)15-8-9-23(22-15)18(24)11-13-4-3-5-14(20)19(13)21/h3-7,10H,8-9,11H2,1-2H3. The van der Waals surface area contributed by atoms with Crippen LogP contribution in [0.15, 0.2) is 41.5 Å². The van der Waals surface area contributed by atoms with Crippen LogP contribution in [0.5, 0.6) is 11.5 Å². The van der Waals surface area contributed by atoms with Crippen LogP contribution in [0.3, 0.4) is 0 Å². The molecule has 3 rings (SSSR count). The molecule has 1 heterocycles. The summed E-state index contributed by atoms with van der Waals surface area (Å²) < 4.78 is 37.5. The van der Waals surface area contributed by atoms with Gasteiger partial charge in [0.25, 0.3) is 0 Å². The van der Waals surface area contributed by atoms with Crippen molar-refractivity contribution in [2.24, 2.45) is 5.10 Å². The van der Waals surface area contributed by atoms with Crippen LogP contribution >= 0.6 is 0 Å². The maximum absolute atomic E-state index is 13.7. The highest BCUT2D eigenvalue weighted by Gasteiger charge is 2.23. The number of hydrogen-bond acceptors (Lipinski definition) is 4. The van der Waals surface area contributed by atoms with Crippen LogP contribution in [0.2, 0.25) is 0 Å². The fourth-order valence-corrected chi connectivity index (χ4v) is 2.79. The highest BCUT2D eigenvalue weighted by Crippen LogP contribution is 2.29. The number of methoxy groups -OCH3 is 2. The number of ether oxygens (including phenoxy) is 2.